The molecule has 0 bridgehead atoms. The van der Waals surface area contributed by atoms with E-state index in [1.165, 1.54) is 0 Å². The fourth-order valence-electron chi connectivity index (χ4n) is 1.37. The Hall–Kier alpha value is -0.990. The maximum atomic E-state index is 11.5. The minimum absolute atomic E-state index is 0.181. The largest absolute Gasteiger partial charge is 0.458 e. The summed E-state index contributed by atoms with van der Waals surface area (Å²) in [5, 5.41) is 0. The van der Waals surface area contributed by atoms with Gasteiger partial charge in [-0.05, 0) is 6.92 Å². The third-order valence-corrected chi connectivity index (χ3v) is 2.21. The summed E-state index contributed by atoms with van der Waals surface area (Å²) in [6.07, 6.45) is -0.427. The lowest BCUT2D eigenvalue weighted by Gasteiger charge is -2.30. The van der Waals surface area contributed by atoms with Crippen LogP contribution in [0.3, 0.4) is 0 Å². The quantitative estimate of drug-likeness (QED) is 0.639. The Morgan fingerprint density at radius 3 is 2.14 bits per heavy atom. The molecule has 1 rings (SSSR count). The monoisotopic (exact) mass is 198 g/mol. The summed E-state index contributed by atoms with van der Waals surface area (Å²) in [4.78, 5) is 11.5. The summed E-state index contributed by atoms with van der Waals surface area (Å²) in [5.74, 6) is 0.920. The van der Waals surface area contributed by atoms with E-state index in [-0.39, 0.29) is 17.8 Å². The van der Waals surface area contributed by atoms with Gasteiger partial charge in [0.2, 0.25) is 6.29 Å². The van der Waals surface area contributed by atoms with Crippen molar-refractivity contribution in [3.8, 4) is 0 Å². The van der Waals surface area contributed by atoms with Gasteiger partial charge in [0.25, 0.3) is 0 Å². The Labute approximate surface area is 85.1 Å². The number of hydrogen-bond donors (Lipinski definition) is 0. The Balaban J connectivity index is 2.91. The summed E-state index contributed by atoms with van der Waals surface area (Å²) in [6.45, 7) is 9.70. The number of esters is 1. The minimum Gasteiger partial charge on any atom is -0.458 e. The molecule has 3 heteroatoms. The molecule has 0 N–H and O–H groups in total. The summed E-state index contributed by atoms with van der Waals surface area (Å²) < 4.78 is 10.7. The summed E-state index contributed by atoms with van der Waals surface area (Å²) >= 11 is 0. The van der Waals surface area contributed by atoms with Crippen LogP contribution < -0.4 is 0 Å². The molecule has 1 atom stereocenters. The van der Waals surface area contributed by atoms with Gasteiger partial charge in [-0.2, -0.15) is 0 Å². The van der Waals surface area contributed by atoms with Gasteiger partial charge in [-0.15, -0.1) is 0 Å². The van der Waals surface area contributed by atoms with Crippen LogP contribution in [0.15, 0.2) is 11.3 Å². The van der Waals surface area contributed by atoms with Crippen LogP contribution in [0.2, 0.25) is 0 Å². The van der Waals surface area contributed by atoms with E-state index >= 15 is 0 Å². The third-order valence-electron chi connectivity index (χ3n) is 2.21. The van der Waals surface area contributed by atoms with Crippen LogP contribution in [-0.2, 0) is 14.3 Å². The van der Waals surface area contributed by atoms with Crippen LogP contribution in [0.25, 0.3) is 0 Å². The zero-order valence-corrected chi connectivity index (χ0v) is 9.46. The van der Waals surface area contributed by atoms with Gasteiger partial charge >= 0.3 is 5.97 Å². The molecule has 0 saturated carbocycles. The van der Waals surface area contributed by atoms with Gasteiger partial charge in [0.05, 0.1) is 5.57 Å². The topological polar surface area (TPSA) is 35.5 Å². The molecule has 1 unspecified atom stereocenters. The minimum atomic E-state index is -0.427. The average molecular weight is 198 g/mol. The lowest BCUT2D eigenvalue weighted by atomic mass is 10.1. The second kappa shape index (κ2) is 4.03. The van der Waals surface area contributed by atoms with Crippen molar-refractivity contribution in [1.82, 2.24) is 0 Å². The summed E-state index contributed by atoms with van der Waals surface area (Å²) in [6, 6.07) is 0. The molecule has 0 spiro atoms. The molecule has 0 radical (unpaired) electrons. The highest BCUT2D eigenvalue weighted by Crippen LogP contribution is 2.27. The van der Waals surface area contributed by atoms with Gasteiger partial charge < -0.3 is 9.47 Å². The Bertz CT molecular complexity index is 264. The first-order valence-corrected chi connectivity index (χ1v) is 5.02. The van der Waals surface area contributed by atoms with E-state index in [1.54, 1.807) is 6.92 Å². The lowest BCUT2D eigenvalue weighted by molar-refractivity contribution is -0.185. The molecular formula is C11H18O3. The van der Waals surface area contributed by atoms with Crippen LogP contribution in [0.1, 0.15) is 34.6 Å². The molecule has 14 heavy (non-hydrogen) atoms. The van der Waals surface area contributed by atoms with Crippen molar-refractivity contribution >= 4 is 5.97 Å². The van der Waals surface area contributed by atoms with Crippen LogP contribution in [-0.4, -0.2) is 12.3 Å². The second-order valence-electron chi connectivity index (χ2n) is 4.28. The number of cyclic esters (lactones) is 1. The highest BCUT2D eigenvalue weighted by atomic mass is 16.7. The van der Waals surface area contributed by atoms with Gasteiger partial charge in [-0.3, -0.25) is 0 Å². The van der Waals surface area contributed by atoms with Gasteiger partial charge in [-0.1, -0.05) is 27.7 Å². The van der Waals surface area contributed by atoms with E-state index in [0.29, 0.717) is 5.57 Å². The first-order valence-electron chi connectivity index (χ1n) is 5.02. The van der Waals surface area contributed by atoms with Crippen molar-refractivity contribution in [2.75, 3.05) is 0 Å². The molecule has 0 aromatic carbocycles. The molecule has 0 aromatic heterocycles. The first kappa shape index (κ1) is 11.1. The maximum absolute atomic E-state index is 11.5. The van der Waals surface area contributed by atoms with Crippen molar-refractivity contribution < 1.29 is 14.3 Å². The molecule has 0 aliphatic carbocycles. The van der Waals surface area contributed by atoms with Crippen LogP contribution in [0, 0.1) is 11.8 Å². The smallest absolute Gasteiger partial charge is 0.340 e. The predicted molar refractivity (Wildman–Crippen MR) is 53.3 cm³/mol. The van der Waals surface area contributed by atoms with E-state index in [9.17, 15) is 4.79 Å². The maximum Gasteiger partial charge on any atom is 0.340 e. The van der Waals surface area contributed by atoms with Crippen molar-refractivity contribution in [3.05, 3.63) is 11.3 Å². The Kier molecular flexibility index (Phi) is 3.19. The molecule has 3 nitrogen and oxygen atoms in total. The Morgan fingerprint density at radius 2 is 1.71 bits per heavy atom. The van der Waals surface area contributed by atoms with Crippen molar-refractivity contribution in [3.63, 3.8) is 0 Å². The second-order valence-corrected chi connectivity index (χ2v) is 4.28. The molecule has 1 aliphatic rings. The van der Waals surface area contributed by atoms with Crippen LogP contribution >= 0.6 is 0 Å². The Morgan fingerprint density at radius 1 is 1.14 bits per heavy atom. The van der Waals surface area contributed by atoms with E-state index < -0.39 is 6.29 Å². The first-order chi connectivity index (χ1) is 6.43. The van der Waals surface area contributed by atoms with Gasteiger partial charge in [0, 0.05) is 11.8 Å². The van der Waals surface area contributed by atoms with Crippen molar-refractivity contribution in [1.29, 1.82) is 0 Å². The molecule has 80 valence electrons. The average Bonchev–Trinajstić information content (AvgIpc) is 2.08. The van der Waals surface area contributed by atoms with E-state index in [4.69, 9.17) is 9.47 Å². The van der Waals surface area contributed by atoms with Crippen molar-refractivity contribution in [2.24, 2.45) is 11.8 Å². The SMILES string of the molecule is CC1=C(C(C)C)OC(C(C)C)OC1=O. The van der Waals surface area contributed by atoms with Crippen LogP contribution in [0.4, 0.5) is 0 Å². The number of allylic oxidation sites excluding steroid dienone is 1. The zero-order chi connectivity index (χ0) is 10.9. The van der Waals surface area contributed by atoms with E-state index in [0.717, 1.165) is 5.76 Å². The van der Waals surface area contributed by atoms with E-state index in [1.807, 2.05) is 27.7 Å². The third kappa shape index (κ3) is 2.08. The van der Waals surface area contributed by atoms with Crippen molar-refractivity contribution in [2.45, 2.75) is 40.9 Å². The van der Waals surface area contributed by atoms with Gasteiger partial charge in [-0.25, -0.2) is 4.79 Å². The fraction of sp³-hybridized carbons (Fsp3) is 0.727. The predicted octanol–water partition coefficient (Wildman–Crippen LogP) is 2.47. The molecular weight excluding hydrogens is 180 g/mol. The highest BCUT2D eigenvalue weighted by Gasteiger charge is 2.30. The molecule has 0 amide bonds. The number of rotatable bonds is 2. The fourth-order valence-corrected chi connectivity index (χ4v) is 1.37. The summed E-state index contributed by atoms with van der Waals surface area (Å²) in [7, 11) is 0. The number of carbonyl (C=O) groups is 1. The summed E-state index contributed by atoms with van der Waals surface area (Å²) in [5.41, 5.74) is 0.594. The van der Waals surface area contributed by atoms with Crippen LogP contribution in [0.5, 0.6) is 0 Å². The highest BCUT2D eigenvalue weighted by molar-refractivity contribution is 5.89. The molecule has 1 aliphatic heterocycles. The zero-order valence-electron chi connectivity index (χ0n) is 9.46. The van der Waals surface area contributed by atoms with E-state index in [2.05, 4.69) is 0 Å². The molecule has 0 saturated heterocycles. The normalized spacial score (nSPS) is 22.8. The molecule has 0 fully saturated rings. The molecule has 1 heterocycles. The van der Waals surface area contributed by atoms with Gasteiger partial charge in [0.1, 0.15) is 5.76 Å². The number of hydrogen-bond acceptors (Lipinski definition) is 3. The lowest BCUT2D eigenvalue weighted by Crippen LogP contribution is -2.33. The standard InChI is InChI=1S/C11H18O3/c1-6(2)9-8(5)10(12)14-11(13-9)7(3)4/h6-7,11H,1-5H3. The number of carbonyl (C=O) groups excluding carboxylic acids is 1. The van der Waals surface area contributed by atoms with Gasteiger partial charge in [0.15, 0.2) is 0 Å². The molecule has 0 aromatic rings. The number of ether oxygens (including phenoxy) is 2.